The average molecular weight is 335 g/mol. The summed E-state index contributed by atoms with van der Waals surface area (Å²) in [6.45, 7) is 1.78. The Labute approximate surface area is 141 Å². The van der Waals surface area contributed by atoms with Crippen molar-refractivity contribution >= 4 is 17.7 Å². The van der Waals surface area contributed by atoms with Gasteiger partial charge in [-0.1, -0.05) is 0 Å². The molecular weight excluding hydrogens is 310 g/mol. The van der Waals surface area contributed by atoms with Crippen LogP contribution in [0.25, 0.3) is 0 Å². The first-order valence-electron chi connectivity index (χ1n) is 9.06. The van der Waals surface area contributed by atoms with Gasteiger partial charge in [0.15, 0.2) is 0 Å². The number of imide groups is 1. The lowest BCUT2D eigenvalue weighted by Crippen LogP contribution is -2.43. The predicted molar refractivity (Wildman–Crippen MR) is 84.9 cm³/mol. The minimum absolute atomic E-state index is 0.0460. The first kappa shape index (κ1) is 16.0. The van der Waals surface area contributed by atoms with E-state index in [9.17, 15) is 14.4 Å². The van der Waals surface area contributed by atoms with Crippen LogP contribution in [0.5, 0.6) is 0 Å². The minimum atomic E-state index is -0.296. The SMILES string of the molecule is CNCC1CCCN1C(=O)CCN1C(=O)C2C3CCC(O3)C2C1=O. The van der Waals surface area contributed by atoms with Crippen molar-refractivity contribution in [1.82, 2.24) is 15.1 Å². The fourth-order valence-corrected chi connectivity index (χ4v) is 4.96. The molecule has 0 saturated carbocycles. The van der Waals surface area contributed by atoms with Crippen LogP contribution in [-0.2, 0) is 19.1 Å². The van der Waals surface area contributed by atoms with Gasteiger partial charge in [-0.3, -0.25) is 19.3 Å². The zero-order valence-corrected chi connectivity index (χ0v) is 14.1. The number of hydrogen-bond donors (Lipinski definition) is 1. The second-order valence-electron chi connectivity index (χ2n) is 7.36. The number of nitrogens with one attached hydrogen (secondary N) is 1. The molecule has 1 N–H and O–H groups in total. The molecule has 0 aromatic carbocycles. The fraction of sp³-hybridized carbons (Fsp3) is 0.824. The lowest BCUT2D eigenvalue weighted by molar-refractivity contribution is -0.143. The van der Waals surface area contributed by atoms with Crippen LogP contribution in [0.3, 0.4) is 0 Å². The number of amides is 3. The molecule has 4 fully saturated rings. The molecule has 0 aliphatic carbocycles. The minimum Gasteiger partial charge on any atom is -0.373 e. The van der Waals surface area contributed by atoms with E-state index in [0.717, 1.165) is 38.8 Å². The maximum atomic E-state index is 12.6. The van der Waals surface area contributed by atoms with Crippen molar-refractivity contribution in [3.63, 3.8) is 0 Å². The summed E-state index contributed by atoms with van der Waals surface area (Å²) in [5, 5.41) is 3.12. The van der Waals surface area contributed by atoms with Crippen molar-refractivity contribution < 1.29 is 19.1 Å². The molecule has 132 valence electrons. The summed E-state index contributed by atoms with van der Waals surface area (Å²) in [5.74, 6) is -0.800. The van der Waals surface area contributed by atoms with E-state index < -0.39 is 0 Å². The summed E-state index contributed by atoms with van der Waals surface area (Å²) < 4.78 is 5.73. The molecule has 4 saturated heterocycles. The number of fused-ring (bicyclic) bond motifs is 5. The van der Waals surface area contributed by atoms with Gasteiger partial charge in [0, 0.05) is 32.1 Å². The van der Waals surface area contributed by atoms with Gasteiger partial charge >= 0.3 is 0 Å². The number of ether oxygens (including phenoxy) is 1. The van der Waals surface area contributed by atoms with Crippen molar-refractivity contribution in [3.05, 3.63) is 0 Å². The summed E-state index contributed by atoms with van der Waals surface area (Å²) in [4.78, 5) is 40.9. The quantitative estimate of drug-likeness (QED) is 0.701. The molecule has 4 aliphatic rings. The van der Waals surface area contributed by atoms with Crippen LogP contribution >= 0.6 is 0 Å². The molecule has 7 heteroatoms. The highest BCUT2D eigenvalue weighted by atomic mass is 16.5. The van der Waals surface area contributed by atoms with E-state index in [4.69, 9.17) is 4.74 Å². The second-order valence-corrected chi connectivity index (χ2v) is 7.36. The van der Waals surface area contributed by atoms with Gasteiger partial charge in [-0.15, -0.1) is 0 Å². The maximum Gasteiger partial charge on any atom is 0.235 e. The Morgan fingerprint density at radius 3 is 2.46 bits per heavy atom. The molecule has 4 heterocycles. The number of hydrogen-bond acceptors (Lipinski definition) is 5. The molecule has 5 atom stereocenters. The van der Waals surface area contributed by atoms with Crippen LogP contribution < -0.4 is 5.32 Å². The number of likely N-dealkylation sites (tertiary alicyclic amines) is 2. The van der Waals surface area contributed by atoms with Crippen molar-refractivity contribution in [2.45, 2.75) is 50.4 Å². The van der Waals surface area contributed by atoms with Crippen LogP contribution in [0.15, 0.2) is 0 Å². The van der Waals surface area contributed by atoms with Gasteiger partial charge in [-0.25, -0.2) is 0 Å². The van der Waals surface area contributed by atoms with Crippen LogP contribution in [0.4, 0.5) is 0 Å². The first-order valence-corrected chi connectivity index (χ1v) is 9.06. The summed E-state index contributed by atoms with van der Waals surface area (Å²) in [6.07, 6.45) is 3.83. The topological polar surface area (TPSA) is 79.0 Å². The molecule has 0 aromatic heterocycles. The van der Waals surface area contributed by atoms with Gasteiger partial charge in [0.2, 0.25) is 17.7 Å². The standard InChI is InChI=1S/C17H25N3O4/c1-18-9-10-3-2-7-19(10)13(21)6-8-20-16(22)14-11-4-5-12(24-11)15(14)17(20)23/h10-12,14-15,18H,2-9H2,1H3. The van der Waals surface area contributed by atoms with Gasteiger partial charge in [-0.2, -0.15) is 0 Å². The van der Waals surface area contributed by atoms with Crippen LogP contribution in [0.1, 0.15) is 32.1 Å². The van der Waals surface area contributed by atoms with E-state index in [1.807, 2.05) is 11.9 Å². The highest BCUT2D eigenvalue weighted by Gasteiger charge is 2.62. The van der Waals surface area contributed by atoms with E-state index in [0.29, 0.717) is 0 Å². The second kappa shape index (κ2) is 6.11. The Bertz CT molecular complexity index is 538. The molecule has 3 amide bonds. The van der Waals surface area contributed by atoms with E-state index in [2.05, 4.69) is 5.32 Å². The number of nitrogens with zero attached hydrogens (tertiary/aromatic N) is 2. The molecule has 4 aliphatic heterocycles. The van der Waals surface area contributed by atoms with Gasteiger partial charge in [0.25, 0.3) is 0 Å². The Kier molecular flexibility index (Phi) is 4.08. The summed E-state index contributed by atoms with van der Waals surface area (Å²) in [5.41, 5.74) is 0. The molecule has 0 radical (unpaired) electrons. The zero-order chi connectivity index (χ0) is 16.8. The molecule has 5 unspecified atom stereocenters. The molecule has 24 heavy (non-hydrogen) atoms. The van der Waals surface area contributed by atoms with Crippen molar-refractivity contribution in [2.24, 2.45) is 11.8 Å². The number of likely N-dealkylation sites (N-methyl/N-ethyl adjacent to an activating group) is 1. The molecule has 0 spiro atoms. The van der Waals surface area contributed by atoms with Crippen molar-refractivity contribution in [2.75, 3.05) is 26.7 Å². The monoisotopic (exact) mass is 335 g/mol. The number of rotatable bonds is 5. The molecule has 4 rings (SSSR count). The van der Waals surface area contributed by atoms with Crippen LogP contribution in [-0.4, -0.2) is 72.5 Å². The lowest BCUT2D eigenvalue weighted by atomic mass is 9.81. The van der Waals surface area contributed by atoms with Gasteiger partial charge in [-0.05, 0) is 32.7 Å². The maximum absolute atomic E-state index is 12.6. The third-order valence-electron chi connectivity index (χ3n) is 6.06. The van der Waals surface area contributed by atoms with Crippen molar-refractivity contribution in [3.8, 4) is 0 Å². The smallest absolute Gasteiger partial charge is 0.235 e. The summed E-state index contributed by atoms with van der Waals surface area (Å²) in [7, 11) is 1.89. The van der Waals surface area contributed by atoms with Gasteiger partial charge < -0.3 is 15.0 Å². The number of carbonyl (C=O) groups excluding carboxylic acids is 3. The van der Waals surface area contributed by atoms with Gasteiger partial charge in [0.05, 0.1) is 24.0 Å². The van der Waals surface area contributed by atoms with E-state index >= 15 is 0 Å². The Balaban J connectivity index is 1.37. The largest absolute Gasteiger partial charge is 0.373 e. The Morgan fingerprint density at radius 1 is 1.17 bits per heavy atom. The molecular formula is C17H25N3O4. The number of carbonyl (C=O) groups is 3. The van der Waals surface area contributed by atoms with Crippen molar-refractivity contribution in [1.29, 1.82) is 0 Å². The Hall–Kier alpha value is -1.47. The molecule has 7 nitrogen and oxygen atoms in total. The third kappa shape index (κ3) is 2.37. The summed E-state index contributed by atoms with van der Waals surface area (Å²) in [6, 6.07) is 0.233. The van der Waals surface area contributed by atoms with E-state index in [1.54, 1.807) is 0 Å². The van der Waals surface area contributed by atoms with E-state index in [-0.39, 0.29) is 60.8 Å². The average Bonchev–Trinajstić information content (AvgIpc) is 3.32. The van der Waals surface area contributed by atoms with Crippen LogP contribution in [0.2, 0.25) is 0 Å². The molecule has 0 aromatic rings. The van der Waals surface area contributed by atoms with Crippen LogP contribution in [0, 0.1) is 11.8 Å². The highest BCUT2D eigenvalue weighted by Crippen LogP contribution is 2.48. The summed E-state index contributed by atoms with van der Waals surface area (Å²) >= 11 is 0. The highest BCUT2D eigenvalue weighted by molar-refractivity contribution is 6.06. The third-order valence-corrected chi connectivity index (χ3v) is 6.06. The first-order chi connectivity index (χ1) is 11.6. The Morgan fingerprint density at radius 2 is 1.83 bits per heavy atom. The normalized spacial score (nSPS) is 37.6. The van der Waals surface area contributed by atoms with E-state index in [1.165, 1.54) is 4.90 Å². The zero-order valence-electron chi connectivity index (χ0n) is 14.1. The van der Waals surface area contributed by atoms with Gasteiger partial charge in [0.1, 0.15) is 0 Å². The lowest BCUT2D eigenvalue weighted by Gasteiger charge is -2.25. The fourth-order valence-electron chi connectivity index (χ4n) is 4.96. The molecule has 2 bridgehead atoms. The predicted octanol–water partition coefficient (Wildman–Crippen LogP) is -0.251.